The summed E-state index contributed by atoms with van der Waals surface area (Å²) in [5, 5.41) is 3.09. The highest BCUT2D eigenvalue weighted by molar-refractivity contribution is 7.09. The average molecular weight is 376 g/mol. The molecule has 2 saturated heterocycles. The first-order chi connectivity index (χ1) is 12.6. The molecule has 4 rings (SSSR count). The normalized spacial score (nSPS) is 28.1. The summed E-state index contributed by atoms with van der Waals surface area (Å²) in [4.78, 5) is 22.0. The largest absolute Gasteiger partial charge is 0.342 e. The monoisotopic (exact) mass is 375 g/mol. The molecular weight excluding hydrogens is 342 g/mol. The second-order valence-corrected chi connectivity index (χ2v) is 10.0. The minimum Gasteiger partial charge on any atom is -0.342 e. The van der Waals surface area contributed by atoms with Gasteiger partial charge >= 0.3 is 0 Å². The number of thiazole rings is 1. The standard InChI is InChI=1S/C21H33N3OS/c1-17-22-19(14-26-17)12-20(25)24-11-9-21(16-24)8-5-10-23(15-21)13-18-6-3-2-4-7-18/h14,18H,2-13,15-16H2,1H3/t21-/m1/s1. The molecule has 1 aromatic heterocycles. The molecule has 1 aliphatic carbocycles. The first-order valence-electron chi connectivity index (χ1n) is 10.5. The van der Waals surface area contributed by atoms with E-state index in [4.69, 9.17) is 0 Å². The van der Waals surface area contributed by atoms with Crippen LogP contribution in [0.2, 0.25) is 0 Å². The molecule has 0 aromatic carbocycles. The first-order valence-corrected chi connectivity index (χ1v) is 11.4. The number of hydrogen-bond acceptors (Lipinski definition) is 4. The van der Waals surface area contributed by atoms with Gasteiger partial charge in [-0.1, -0.05) is 19.3 Å². The van der Waals surface area contributed by atoms with Crippen molar-refractivity contribution in [3.05, 3.63) is 16.1 Å². The number of likely N-dealkylation sites (tertiary alicyclic amines) is 2. The van der Waals surface area contributed by atoms with Crippen LogP contribution in [0.5, 0.6) is 0 Å². The van der Waals surface area contributed by atoms with Gasteiger partial charge in [-0.25, -0.2) is 4.98 Å². The van der Waals surface area contributed by atoms with Gasteiger partial charge in [-0.2, -0.15) is 0 Å². The zero-order chi connectivity index (χ0) is 18.0. The molecule has 3 heterocycles. The van der Waals surface area contributed by atoms with Gasteiger partial charge in [0, 0.05) is 37.0 Å². The van der Waals surface area contributed by atoms with E-state index in [1.54, 1.807) is 11.3 Å². The van der Waals surface area contributed by atoms with E-state index in [-0.39, 0.29) is 5.91 Å². The number of aromatic nitrogens is 1. The number of amides is 1. The molecule has 4 nitrogen and oxygen atoms in total. The molecule has 1 saturated carbocycles. The van der Waals surface area contributed by atoms with Gasteiger partial charge in [-0.3, -0.25) is 4.79 Å². The smallest absolute Gasteiger partial charge is 0.228 e. The molecule has 144 valence electrons. The Kier molecular flexibility index (Phi) is 5.65. The highest BCUT2D eigenvalue weighted by Crippen LogP contribution is 2.40. The van der Waals surface area contributed by atoms with E-state index < -0.39 is 0 Å². The molecule has 0 unspecified atom stereocenters. The fourth-order valence-corrected chi connectivity index (χ4v) is 6.05. The maximum atomic E-state index is 12.7. The molecule has 1 atom stereocenters. The Bertz CT molecular complexity index is 625. The Balaban J connectivity index is 1.31. The topological polar surface area (TPSA) is 36.4 Å². The van der Waals surface area contributed by atoms with E-state index >= 15 is 0 Å². The van der Waals surface area contributed by atoms with Crippen molar-refractivity contribution in [2.45, 2.75) is 64.7 Å². The van der Waals surface area contributed by atoms with Crippen molar-refractivity contribution in [1.82, 2.24) is 14.8 Å². The highest BCUT2D eigenvalue weighted by Gasteiger charge is 2.42. The minimum atomic E-state index is 0.275. The van der Waals surface area contributed by atoms with E-state index in [9.17, 15) is 4.79 Å². The van der Waals surface area contributed by atoms with Crippen LogP contribution in [0.3, 0.4) is 0 Å². The fourth-order valence-electron chi connectivity index (χ4n) is 5.44. The van der Waals surface area contributed by atoms with Crippen LogP contribution in [-0.2, 0) is 11.2 Å². The molecule has 26 heavy (non-hydrogen) atoms. The second-order valence-electron chi connectivity index (χ2n) is 8.94. The third-order valence-corrected chi connectivity index (χ3v) is 7.59. The maximum Gasteiger partial charge on any atom is 0.228 e. The Morgan fingerprint density at radius 2 is 2.04 bits per heavy atom. The molecule has 1 spiro atoms. The van der Waals surface area contributed by atoms with E-state index in [0.717, 1.165) is 29.7 Å². The zero-order valence-corrected chi connectivity index (χ0v) is 17.0. The number of hydrogen-bond donors (Lipinski definition) is 0. The Labute approximate surface area is 162 Å². The van der Waals surface area contributed by atoms with Crippen molar-refractivity contribution in [2.24, 2.45) is 11.3 Å². The van der Waals surface area contributed by atoms with Gasteiger partial charge in [0.15, 0.2) is 0 Å². The summed E-state index contributed by atoms with van der Waals surface area (Å²) in [5.74, 6) is 1.20. The third-order valence-electron chi connectivity index (χ3n) is 6.77. The van der Waals surface area contributed by atoms with Crippen molar-refractivity contribution in [3.63, 3.8) is 0 Å². The lowest BCUT2D eigenvalue weighted by Crippen LogP contribution is -2.47. The molecule has 5 heteroatoms. The van der Waals surface area contributed by atoms with Crippen molar-refractivity contribution in [1.29, 1.82) is 0 Å². The van der Waals surface area contributed by atoms with Gasteiger partial charge in [0.25, 0.3) is 0 Å². The maximum absolute atomic E-state index is 12.7. The molecule has 2 aliphatic heterocycles. The summed E-state index contributed by atoms with van der Waals surface area (Å²) in [6.07, 6.45) is 11.4. The van der Waals surface area contributed by atoms with Crippen molar-refractivity contribution < 1.29 is 4.79 Å². The number of aryl methyl sites for hydroxylation is 1. The third kappa shape index (κ3) is 4.30. The number of carbonyl (C=O) groups excluding carboxylic acids is 1. The molecule has 0 N–H and O–H groups in total. The SMILES string of the molecule is Cc1nc(CC(=O)N2CC[C@@]3(CCCN(CC4CCCCC4)C3)C2)cs1. The van der Waals surface area contributed by atoms with Crippen molar-refractivity contribution >= 4 is 17.2 Å². The summed E-state index contributed by atoms with van der Waals surface area (Å²) in [5.41, 5.74) is 1.31. The van der Waals surface area contributed by atoms with E-state index in [0.29, 0.717) is 11.8 Å². The van der Waals surface area contributed by atoms with E-state index in [2.05, 4.69) is 14.8 Å². The lowest BCUT2D eigenvalue weighted by molar-refractivity contribution is -0.130. The molecule has 3 aliphatic rings. The minimum absolute atomic E-state index is 0.275. The number of carbonyl (C=O) groups is 1. The van der Waals surface area contributed by atoms with Crippen LogP contribution in [0.15, 0.2) is 5.38 Å². The van der Waals surface area contributed by atoms with Gasteiger partial charge < -0.3 is 9.80 Å². The molecule has 3 fully saturated rings. The summed E-state index contributed by atoms with van der Waals surface area (Å²) in [6, 6.07) is 0. The van der Waals surface area contributed by atoms with Gasteiger partial charge in [0.2, 0.25) is 5.91 Å². The summed E-state index contributed by atoms with van der Waals surface area (Å²) in [6.45, 7) is 7.70. The Morgan fingerprint density at radius 1 is 1.19 bits per heavy atom. The quantitative estimate of drug-likeness (QED) is 0.801. The Morgan fingerprint density at radius 3 is 2.81 bits per heavy atom. The molecule has 0 radical (unpaired) electrons. The van der Waals surface area contributed by atoms with Gasteiger partial charge in [0.05, 0.1) is 17.1 Å². The molecule has 0 bridgehead atoms. The van der Waals surface area contributed by atoms with Crippen LogP contribution in [0, 0.1) is 18.3 Å². The molecular formula is C21H33N3OS. The van der Waals surface area contributed by atoms with Crippen LogP contribution in [0.25, 0.3) is 0 Å². The highest BCUT2D eigenvalue weighted by atomic mass is 32.1. The van der Waals surface area contributed by atoms with Crippen molar-refractivity contribution in [3.8, 4) is 0 Å². The van der Waals surface area contributed by atoms with Crippen molar-refractivity contribution in [2.75, 3.05) is 32.7 Å². The predicted molar refractivity (Wildman–Crippen MR) is 106 cm³/mol. The lowest BCUT2D eigenvalue weighted by atomic mass is 9.78. The number of piperidine rings is 1. The molecule has 1 aromatic rings. The van der Waals surface area contributed by atoms with Crippen LogP contribution in [0.1, 0.15) is 62.1 Å². The summed E-state index contributed by atoms with van der Waals surface area (Å²) < 4.78 is 0. The van der Waals surface area contributed by atoms with Crippen LogP contribution >= 0.6 is 11.3 Å². The lowest BCUT2D eigenvalue weighted by Gasteiger charge is -2.42. The summed E-state index contributed by atoms with van der Waals surface area (Å²) >= 11 is 1.64. The number of nitrogens with zero attached hydrogens (tertiary/aromatic N) is 3. The van der Waals surface area contributed by atoms with Gasteiger partial charge in [-0.05, 0) is 51.5 Å². The van der Waals surface area contributed by atoms with Crippen LogP contribution in [0.4, 0.5) is 0 Å². The van der Waals surface area contributed by atoms with E-state index in [1.807, 2.05) is 12.3 Å². The molecule has 1 amide bonds. The Hall–Kier alpha value is -0.940. The predicted octanol–water partition coefficient (Wildman–Crippen LogP) is 3.89. The van der Waals surface area contributed by atoms with Gasteiger partial charge in [-0.15, -0.1) is 11.3 Å². The number of rotatable bonds is 4. The van der Waals surface area contributed by atoms with E-state index in [1.165, 1.54) is 71.0 Å². The zero-order valence-electron chi connectivity index (χ0n) is 16.2. The van der Waals surface area contributed by atoms with Crippen LogP contribution in [-0.4, -0.2) is 53.4 Å². The van der Waals surface area contributed by atoms with Gasteiger partial charge in [0.1, 0.15) is 0 Å². The van der Waals surface area contributed by atoms with Crippen LogP contribution < -0.4 is 0 Å². The fraction of sp³-hybridized carbons (Fsp3) is 0.810. The first kappa shape index (κ1) is 18.4. The second kappa shape index (κ2) is 7.97. The average Bonchev–Trinajstić information content (AvgIpc) is 3.22. The summed E-state index contributed by atoms with van der Waals surface area (Å²) in [7, 11) is 0.